The first-order valence-corrected chi connectivity index (χ1v) is 9.29. The highest BCUT2D eigenvalue weighted by molar-refractivity contribution is 5.80. The second kappa shape index (κ2) is 8.21. The fourth-order valence-electron chi connectivity index (χ4n) is 3.15. The highest BCUT2D eigenvalue weighted by atomic mass is 16.5. The smallest absolute Gasteiger partial charge is 0.148 e. The number of phenolic OH excluding ortho intramolecular Hbond substituents is 1. The number of hydrogen-bond donors (Lipinski definition) is 1. The van der Waals surface area contributed by atoms with Crippen LogP contribution in [0.4, 0.5) is 5.69 Å². The van der Waals surface area contributed by atoms with Gasteiger partial charge in [-0.05, 0) is 54.6 Å². The number of phenols is 1. The van der Waals surface area contributed by atoms with Crippen molar-refractivity contribution < 1.29 is 23.7 Å². The van der Waals surface area contributed by atoms with Crippen LogP contribution in [0.15, 0.2) is 76.1 Å². The Morgan fingerprint density at radius 1 is 0.767 bits per heavy atom. The molecule has 3 aromatic carbocycles. The largest absolute Gasteiger partial charge is 0.508 e. The summed E-state index contributed by atoms with van der Waals surface area (Å²) in [6.07, 6.45) is 0. The average molecular weight is 403 g/mol. The molecule has 0 aliphatic heterocycles. The summed E-state index contributed by atoms with van der Waals surface area (Å²) in [6.45, 7) is 0. The van der Waals surface area contributed by atoms with Crippen LogP contribution < -0.4 is 19.6 Å². The van der Waals surface area contributed by atoms with Crippen molar-refractivity contribution in [2.75, 3.05) is 21.3 Å². The van der Waals surface area contributed by atoms with Gasteiger partial charge < -0.3 is 23.7 Å². The number of methoxy groups -OCH3 is 3. The molecule has 6 heteroatoms. The second-order valence-corrected chi connectivity index (χ2v) is 6.55. The van der Waals surface area contributed by atoms with Gasteiger partial charge in [-0.1, -0.05) is 0 Å². The van der Waals surface area contributed by atoms with E-state index in [9.17, 15) is 5.11 Å². The van der Waals surface area contributed by atoms with Crippen LogP contribution in [0.2, 0.25) is 0 Å². The number of hydrogen-bond acceptors (Lipinski definition) is 6. The summed E-state index contributed by atoms with van der Waals surface area (Å²) in [5.41, 5.74) is 2.12. The van der Waals surface area contributed by atoms with E-state index < -0.39 is 0 Å². The van der Waals surface area contributed by atoms with Gasteiger partial charge in [-0.15, -0.1) is 0 Å². The van der Waals surface area contributed by atoms with E-state index in [2.05, 4.69) is 0 Å². The van der Waals surface area contributed by atoms with Crippen LogP contribution in [0.25, 0.3) is 22.3 Å². The Hall–Kier alpha value is -3.93. The molecule has 1 N–H and O–H groups in total. The van der Waals surface area contributed by atoms with Gasteiger partial charge in [-0.25, -0.2) is 4.99 Å². The molecule has 0 saturated heterocycles. The van der Waals surface area contributed by atoms with Crippen molar-refractivity contribution in [1.29, 1.82) is 0 Å². The molecule has 4 rings (SSSR count). The molecule has 0 unspecified atom stereocenters. The van der Waals surface area contributed by atoms with Crippen LogP contribution >= 0.6 is 0 Å². The molecule has 0 amide bonds. The second-order valence-electron chi connectivity index (χ2n) is 6.55. The molecule has 0 fully saturated rings. The maximum absolute atomic E-state index is 10.00. The monoisotopic (exact) mass is 403 g/mol. The Balaban J connectivity index is 1.95. The van der Waals surface area contributed by atoms with Gasteiger partial charge in [-0.2, -0.15) is 0 Å². The number of benzene rings is 3. The maximum Gasteiger partial charge on any atom is 0.148 e. The number of ether oxygens (including phenoxy) is 3. The van der Waals surface area contributed by atoms with Crippen molar-refractivity contribution in [2.45, 2.75) is 0 Å². The first-order valence-electron chi connectivity index (χ1n) is 9.29. The normalized spacial score (nSPS) is 11.5. The third-order valence-corrected chi connectivity index (χ3v) is 4.73. The highest BCUT2D eigenvalue weighted by Crippen LogP contribution is 2.32. The summed E-state index contributed by atoms with van der Waals surface area (Å²) >= 11 is 0. The minimum atomic E-state index is 0.132. The molecule has 152 valence electrons. The van der Waals surface area contributed by atoms with Gasteiger partial charge >= 0.3 is 0 Å². The topological polar surface area (TPSA) is 73.4 Å². The lowest BCUT2D eigenvalue weighted by Gasteiger charge is -2.09. The predicted molar refractivity (Wildman–Crippen MR) is 115 cm³/mol. The summed E-state index contributed by atoms with van der Waals surface area (Å²) in [5.74, 6) is 2.79. The van der Waals surface area contributed by atoms with Crippen LogP contribution in [0.3, 0.4) is 0 Å². The highest BCUT2D eigenvalue weighted by Gasteiger charge is 2.09. The molecule has 0 radical (unpaired) electrons. The molecule has 0 atom stereocenters. The van der Waals surface area contributed by atoms with Crippen molar-refractivity contribution in [1.82, 2.24) is 0 Å². The minimum Gasteiger partial charge on any atom is -0.508 e. The quantitative estimate of drug-likeness (QED) is 0.504. The number of rotatable bonds is 5. The lowest BCUT2D eigenvalue weighted by molar-refractivity contribution is 0.395. The van der Waals surface area contributed by atoms with Crippen molar-refractivity contribution in [3.05, 3.63) is 72.1 Å². The first kappa shape index (κ1) is 19.4. The molecular weight excluding hydrogens is 382 g/mol. The van der Waals surface area contributed by atoms with Crippen molar-refractivity contribution in [2.24, 2.45) is 4.99 Å². The van der Waals surface area contributed by atoms with Gasteiger partial charge in [0.1, 0.15) is 40.0 Å². The minimum absolute atomic E-state index is 0.132. The summed E-state index contributed by atoms with van der Waals surface area (Å²) < 4.78 is 22.1. The molecule has 0 saturated carbocycles. The van der Waals surface area contributed by atoms with Crippen LogP contribution in [0, 0.1) is 0 Å². The zero-order chi connectivity index (χ0) is 21.1. The number of aromatic hydroxyl groups is 1. The molecule has 30 heavy (non-hydrogen) atoms. The van der Waals surface area contributed by atoms with E-state index in [1.165, 1.54) is 0 Å². The molecule has 0 bridgehead atoms. The van der Waals surface area contributed by atoms with Crippen molar-refractivity contribution >= 4 is 16.7 Å². The Bertz CT molecular complexity index is 1260. The van der Waals surface area contributed by atoms with Crippen LogP contribution in [-0.2, 0) is 0 Å². The maximum atomic E-state index is 10.00. The SMILES string of the molecule is COc1ccc(-c2cc(=Nc3ccc(OC)cc3OC)c3cc(O)ccc3o2)cc1. The van der Waals surface area contributed by atoms with Gasteiger partial charge in [-0.3, -0.25) is 0 Å². The Kier molecular flexibility index (Phi) is 5.30. The lowest BCUT2D eigenvalue weighted by atomic mass is 10.1. The van der Waals surface area contributed by atoms with Crippen LogP contribution in [-0.4, -0.2) is 26.4 Å². The lowest BCUT2D eigenvalue weighted by Crippen LogP contribution is -2.03. The molecule has 0 spiro atoms. The van der Waals surface area contributed by atoms with Crippen LogP contribution in [0.1, 0.15) is 0 Å². The molecule has 1 aromatic heterocycles. The summed E-state index contributed by atoms with van der Waals surface area (Å²) in [4.78, 5) is 4.80. The summed E-state index contributed by atoms with van der Waals surface area (Å²) in [6, 6.07) is 19.8. The molecule has 0 aliphatic carbocycles. The summed E-state index contributed by atoms with van der Waals surface area (Å²) in [7, 11) is 4.81. The van der Waals surface area contributed by atoms with Gasteiger partial charge in [0.05, 0.1) is 26.7 Å². The molecule has 0 aliphatic rings. The van der Waals surface area contributed by atoms with E-state index in [-0.39, 0.29) is 5.75 Å². The average Bonchev–Trinajstić information content (AvgIpc) is 2.79. The van der Waals surface area contributed by atoms with E-state index in [1.807, 2.05) is 42.5 Å². The van der Waals surface area contributed by atoms with Crippen molar-refractivity contribution in [3.63, 3.8) is 0 Å². The van der Waals surface area contributed by atoms with E-state index in [1.54, 1.807) is 45.6 Å². The first-order chi connectivity index (χ1) is 14.6. The Morgan fingerprint density at radius 2 is 1.50 bits per heavy atom. The van der Waals surface area contributed by atoms with E-state index in [0.717, 1.165) is 11.3 Å². The molecule has 4 aromatic rings. The third-order valence-electron chi connectivity index (χ3n) is 4.73. The van der Waals surface area contributed by atoms with Gasteiger partial charge in [0.2, 0.25) is 0 Å². The Labute approximate surface area is 173 Å². The molecule has 1 heterocycles. The molecular formula is C24H21NO5. The third kappa shape index (κ3) is 3.80. The zero-order valence-electron chi connectivity index (χ0n) is 16.9. The predicted octanol–water partition coefficient (Wildman–Crippen LogP) is 5.06. The van der Waals surface area contributed by atoms with E-state index in [0.29, 0.717) is 39.3 Å². The van der Waals surface area contributed by atoms with E-state index >= 15 is 0 Å². The van der Waals surface area contributed by atoms with Crippen molar-refractivity contribution in [3.8, 4) is 34.3 Å². The Morgan fingerprint density at radius 3 is 2.20 bits per heavy atom. The standard InChI is InChI=1S/C24H21NO5/c1-27-17-7-4-15(5-8-17)23-14-21(19-12-16(26)6-11-22(19)30-23)25-20-10-9-18(28-2)13-24(20)29-3/h4-14,26H,1-3H3. The number of fused-ring (bicyclic) bond motifs is 1. The van der Waals surface area contributed by atoms with Gasteiger partial charge in [0.15, 0.2) is 0 Å². The van der Waals surface area contributed by atoms with Crippen LogP contribution in [0.5, 0.6) is 23.0 Å². The van der Waals surface area contributed by atoms with E-state index in [4.69, 9.17) is 23.6 Å². The number of nitrogens with zero attached hydrogens (tertiary/aromatic N) is 1. The fraction of sp³-hybridized carbons (Fsp3) is 0.125. The van der Waals surface area contributed by atoms with Gasteiger partial charge in [0, 0.05) is 23.1 Å². The van der Waals surface area contributed by atoms with Gasteiger partial charge in [0.25, 0.3) is 0 Å². The summed E-state index contributed by atoms with van der Waals surface area (Å²) in [5, 5.41) is 11.3. The fourth-order valence-corrected chi connectivity index (χ4v) is 3.15. The zero-order valence-corrected chi connectivity index (χ0v) is 16.9. The molecule has 6 nitrogen and oxygen atoms in total.